The van der Waals surface area contributed by atoms with Crippen molar-refractivity contribution >= 4 is 29.3 Å². The fourth-order valence-electron chi connectivity index (χ4n) is 1.94. The summed E-state index contributed by atoms with van der Waals surface area (Å²) in [7, 11) is 0. The molecule has 0 radical (unpaired) electrons. The Morgan fingerprint density at radius 1 is 1.53 bits per heavy atom. The van der Waals surface area contributed by atoms with Crippen molar-refractivity contribution in [2.75, 3.05) is 23.5 Å². The molecule has 1 heterocycles. The van der Waals surface area contributed by atoms with Crippen LogP contribution in [0.15, 0.2) is 18.2 Å². The molecule has 0 fully saturated rings. The Morgan fingerprint density at radius 2 is 2.29 bits per heavy atom. The average Bonchev–Trinajstić information content (AvgIpc) is 2.61. The fourth-order valence-corrected chi connectivity index (χ4v) is 2.31. The van der Waals surface area contributed by atoms with Gasteiger partial charge in [0.25, 0.3) is 0 Å². The third-order valence-electron chi connectivity index (χ3n) is 2.78. The lowest BCUT2D eigenvalue weighted by atomic mass is 10.1. The summed E-state index contributed by atoms with van der Waals surface area (Å²) < 4.78 is 0. The van der Waals surface area contributed by atoms with E-state index in [0.29, 0.717) is 13.0 Å². The van der Waals surface area contributed by atoms with Gasteiger partial charge in [-0.15, -0.1) is 0 Å². The van der Waals surface area contributed by atoms with E-state index >= 15 is 0 Å². The first-order valence-electron chi connectivity index (χ1n) is 5.29. The third kappa shape index (κ3) is 2.29. The molecule has 0 atom stereocenters. The largest absolute Gasteiger partial charge is 0.478 e. The highest BCUT2D eigenvalue weighted by molar-refractivity contribution is 7.98. The Labute approximate surface area is 104 Å². The van der Waals surface area contributed by atoms with Gasteiger partial charge in [-0.3, -0.25) is 4.79 Å². The Hall–Kier alpha value is -1.49. The molecule has 90 valence electrons. The van der Waals surface area contributed by atoms with Crippen LogP contribution >= 0.6 is 11.8 Å². The van der Waals surface area contributed by atoms with Crippen LogP contribution in [-0.4, -0.2) is 35.5 Å². The molecule has 5 heteroatoms. The zero-order valence-electron chi connectivity index (χ0n) is 9.47. The highest BCUT2D eigenvalue weighted by atomic mass is 32.2. The number of hydrogen-bond acceptors (Lipinski definition) is 3. The Bertz CT molecular complexity index is 473. The molecule has 2 rings (SSSR count). The normalized spacial score (nSPS) is 13.9. The standard InChI is InChI=1S/C12H13NO3S/c1-17-5-4-13-10-3-2-8(12(15)16)6-9(10)7-11(13)14/h2-3,6H,4-5,7H2,1H3,(H,15,16). The zero-order chi connectivity index (χ0) is 12.4. The molecule has 0 saturated heterocycles. The highest BCUT2D eigenvalue weighted by Crippen LogP contribution is 2.29. The number of benzene rings is 1. The first-order chi connectivity index (χ1) is 8.13. The van der Waals surface area contributed by atoms with Gasteiger partial charge in [0, 0.05) is 18.0 Å². The lowest BCUT2D eigenvalue weighted by Gasteiger charge is -2.16. The quantitative estimate of drug-likeness (QED) is 0.883. The Kier molecular flexibility index (Phi) is 3.38. The number of amides is 1. The van der Waals surface area contributed by atoms with Crippen molar-refractivity contribution in [3.63, 3.8) is 0 Å². The van der Waals surface area contributed by atoms with E-state index in [-0.39, 0.29) is 11.5 Å². The zero-order valence-corrected chi connectivity index (χ0v) is 10.3. The van der Waals surface area contributed by atoms with E-state index in [1.54, 1.807) is 34.9 Å². The molecule has 1 aliphatic heterocycles. The van der Waals surface area contributed by atoms with E-state index in [1.165, 1.54) is 0 Å². The van der Waals surface area contributed by atoms with Crippen LogP contribution in [0.25, 0.3) is 0 Å². The van der Waals surface area contributed by atoms with Crippen LogP contribution < -0.4 is 4.90 Å². The van der Waals surface area contributed by atoms with Crippen molar-refractivity contribution < 1.29 is 14.7 Å². The number of anilines is 1. The van der Waals surface area contributed by atoms with E-state index in [0.717, 1.165) is 17.0 Å². The van der Waals surface area contributed by atoms with Crippen molar-refractivity contribution in [1.82, 2.24) is 0 Å². The maximum atomic E-state index is 11.8. The van der Waals surface area contributed by atoms with Gasteiger partial charge >= 0.3 is 5.97 Å². The molecule has 1 N–H and O–H groups in total. The summed E-state index contributed by atoms with van der Waals surface area (Å²) >= 11 is 1.69. The lowest BCUT2D eigenvalue weighted by molar-refractivity contribution is -0.117. The number of carboxylic acids is 1. The second-order valence-corrected chi connectivity index (χ2v) is 4.85. The van der Waals surface area contributed by atoms with Crippen LogP contribution in [0.2, 0.25) is 0 Å². The van der Waals surface area contributed by atoms with Crippen LogP contribution in [0, 0.1) is 0 Å². The monoisotopic (exact) mass is 251 g/mol. The van der Waals surface area contributed by atoms with Crippen LogP contribution in [-0.2, 0) is 11.2 Å². The molecule has 1 aromatic rings. The number of rotatable bonds is 4. The number of aromatic carboxylic acids is 1. The van der Waals surface area contributed by atoms with Crippen molar-refractivity contribution in [1.29, 1.82) is 0 Å². The van der Waals surface area contributed by atoms with Gasteiger partial charge in [-0.05, 0) is 30.0 Å². The van der Waals surface area contributed by atoms with E-state index in [9.17, 15) is 9.59 Å². The van der Waals surface area contributed by atoms with Gasteiger partial charge < -0.3 is 10.0 Å². The lowest BCUT2D eigenvalue weighted by Crippen LogP contribution is -2.28. The maximum Gasteiger partial charge on any atom is 0.335 e. The summed E-state index contributed by atoms with van der Waals surface area (Å²) in [5.74, 6) is -0.0225. The Balaban J connectivity index is 2.28. The second kappa shape index (κ2) is 4.79. The molecular formula is C12H13NO3S. The second-order valence-electron chi connectivity index (χ2n) is 3.86. The molecule has 1 amide bonds. The molecule has 0 aliphatic carbocycles. The number of carbonyl (C=O) groups excluding carboxylic acids is 1. The SMILES string of the molecule is CSCCN1C(=O)Cc2cc(C(=O)O)ccc21. The van der Waals surface area contributed by atoms with Crippen LogP contribution in [0.3, 0.4) is 0 Å². The molecule has 17 heavy (non-hydrogen) atoms. The van der Waals surface area contributed by atoms with Gasteiger partial charge in [0.05, 0.1) is 12.0 Å². The van der Waals surface area contributed by atoms with Crippen LogP contribution in [0.1, 0.15) is 15.9 Å². The van der Waals surface area contributed by atoms with Gasteiger partial charge in [0.1, 0.15) is 0 Å². The predicted octanol–water partition coefficient (Wildman–Crippen LogP) is 1.64. The van der Waals surface area contributed by atoms with Gasteiger partial charge in [-0.25, -0.2) is 4.79 Å². The van der Waals surface area contributed by atoms with Crippen molar-refractivity contribution in [3.05, 3.63) is 29.3 Å². The van der Waals surface area contributed by atoms with E-state index in [2.05, 4.69) is 0 Å². The minimum atomic E-state index is -0.956. The predicted molar refractivity (Wildman–Crippen MR) is 67.8 cm³/mol. The van der Waals surface area contributed by atoms with Gasteiger partial charge in [-0.1, -0.05) is 0 Å². The van der Waals surface area contributed by atoms with E-state index < -0.39 is 5.97 Å². The van der Waals surface area contributed by atoms with Gasteiger partial charge in [0.2, 0.25) is 5.91 Å². The molecule has 1 aromatic carbocycles. The minimum Gasteiger partial charge on any atom is -0.478 e. The summed E-state index contributed by atoms with van der Waals surface area (Å²) in [5.41, 5.74) is 1.91. The molecule has 0 spiro atoms. The fraction of sp³-hybridized carbons (Fsp3) is 0.333. The van der Waals surface area contributed by atoms with Gasteiger partial charge in [0.15, 0.2) is 0 Å². The maximum absolute atomic E-state index is 11.8. The van der Waals surface area contributed by atoms with Crippen molar-refractivity contribution in [3.8, 4) is 0 Å². The number of fused-ring (bicyclic) bond motifs is 1. The third-order valence-corrected chi connectivity index (χ3v) is 3.37. The topological polar surface area (TPSA) is 57.6 Å². The van der Waals surface area contributed by atoms with Crippen molar-refractivity contribution in [2.24, 2.45) is 0 Å². The first kappa shape index (κ1) is 12.0. The van der Waals surface area contributed by atoms with Gasteiger partial charge in [-0.2, -0.15) is 11.8 Å². The smallest absolute Gasteiger partial charge is 0.335 e. The summed E-state index contributed by atoms with van der Waals surface area (Å²) in [6.45, 7) is 0.680. The van der Waals surface area contributed by atoms with E-state index in [4.69, 9.17) is 5.11 Å². The molecular weight excluding hydrogens is 238 g/mol. The summed E-state index contributed by atoms with van der Waals surface area (Å²) in [6, 6.07) is 4.87. The summed E-state index contributed by atoms with van der Waals surface area (Å²) in [4.78, 5) is 24.4. The summed E-state index contributed by atoms with van der Waals surface area (Å²) in [6.07, 6.45) is 2.31. The highest BCUT2D eigenvalue weighted by Gasteiger charge is 2.27. The average molecular weight is 251 g/mol. The number of carbonyl (C=O) groups is 2. The summed E-state index contributed by atoms with van der Waals surface area (Å²) in [5, 5.41) is 8.89. The number of carboxylic acid groups (broad SMARTS) is 1. The number of thioether (sulfide) groups is 1. The first-order valence-corrected chi connectivity index (χ1v) is 6.68. The molecule has 0 unspecified atom stereocenters. The molecule has 0 aromatic heterocycles. The Morgan fingerprint density at radius 3 is 2.94 bits per heavy atom. The molecule has 4 nitrogen and oxygen atoms in total. The van der Waals surface area contributed by atoms with E-state index in [1.807, 2.05) is 6.26 Å². The molecule has 1 aliphatic rings. The number of hydrogen-bond donors (Lipinski definition) is 1. The van der Waals surface area contributed by atoms with Crippen LogP contribution in [0.4, 0.5) is 5.69 Å². The molecule has 0 bridgehead atoms. The van der Waals surface area contributed by atoms with Crippen LogP contribution in [0.5, 0.6) is 0 Å². The minimum absolute atomic E-state index is 0.0524. The van der Waals surface area contributed by atoms with Crippen molar-refractivity contribution in [2.45, 2.75) is 6.42 Å². The number of nitrogens with zero attached hydrogens (tertiary/aromatic N) is 1. The molecule has 0 saturated carbocycles.